The van der Waals surface area contributed by atoms with E-state index < -0.39 is 0 Å². The Morgan fingerprint density at radius 2 is 2.15 bits per heavy atom. The Labute approximate surface area is 118 Å². The molecule has 104 valence electrons. The minimum absolute atomic E-state index is 0.0320. The first-order valence-corrected chi connectivity index (χ1v) is 7.07. The van der Waals surface area contributed by atoms with Gasteiger partial charge in [0.15, 0.2) is 0 Å². The van der Waals surface area contributed by atoms with Crippen LogP contribution in [-0.4, -0.2) is 16.1 Å². The van der Waals surface area contributed by atoms with Crippen molar-refractivity contribution in [2.45, 2.75) is 39.2 Å². The molecule has 0 fully saturated rings. The van der Waals surface area contributed by atoms with Gasteiger partial charge < -0.3 is 5.32 Å². The molecule has 4 nitrogen and oxygen atoms in total. The average Bonchev–Trinajstić information content (AvgIpc) is 2.78. The number of fused-ring (bicyclic) bond motifs is 1. The van der Waals surface area contributed by atoms with Crippen molar-refractivity contribution < 1.29 is 4.79 Å². The van der Waals surface area contributed by atoms with Crippen LogP contribution in [0.2, 0.25) is 0 Å². The number of amides is 1. The van der Waals surface area contributed by atoms with Crippen molar-refractivity contribution in [2.75, 3.05) is 0 Å². The van der Waals surface area contributed by atoms with Gasteiger partial charge in [0.05, 0.1) is 17.3 Å². The van der Waals surface area contributed by atoms with Crippen LogP contribution in [-0.2, 0) is 6.42 Å². The monoisotopic (exact) mass is 269 g/mol. The number of hydrogen-bond donors (Lipinski definition) is 2. The van der Waals surface area contributed by atoms with E-state index in [1.54, 1.807) is 0 Å². The molecule has 1 aromatic carbocycles. The van der Waals surface area contributed by atoms with Crippen LogP contribution in [0.4, 0.5) is 0 Å². The van der Waals surface area contributed by atoms with Gasteiger partial charge in [-0.15, -0.1) is 0 Å². The summed E-state index contributed by atoms with van der Waals surface area (Å²) in [6.07, 6.45) is 3.22. The first kappa shape index (κ1) is 12.9. The second-order valence-electron chi connectivity index (χ2n) is 5.43. The molecule has 1 unspecified atom stereocenters. The summed E-state index contributed by atoms with van der Waals surface area (Å²) in [6.45, 7) is 3.73. The highest BCUT2D eigenvalue weighted by atomic mass is 16.1. The SMILES string of the molecule is Cc1n[nH]c(C)c1C(=O)NC1CCCc2ccccc21. The van der Waals surface area contributed by atoms with Crippen LogP contribution < -0.4 is 5.32 Å². The lowest BCUT2D eigenvalue weighted by Gasteiger charge is -2.26. The van der Waals surface area contributed by atoms with Gasteiger partial charge in [-0.3, -0.25) is 9.89 Å². The predicted octanol–water partition coefficient (Wildman–Crippen LogP) is 2.83. The average molecular weight is 269 g/mol. The van der Waals surface area contributed by atoms with E-state index in [9.17, 15) is 4.79 Å². The Balaban J connectivity index is 1.84. The molecule has 20 heavy (non-hydrogen) atoms. The molecule has 2 N–H and O–H groups in total. The summed E-state index contributed by atoms with van der Waals surface area (Å²) in [7, 11) is 0. The fourth-order valence-corrected chi connectivity index (χ4v) is 3.02. The molecule has 0 saturated carbocycles. The number of nitrogens with one attached hydrogen (secondary N) is 2. The molecule has 0 aliphatic heterocycles. The van der Waals surface area contributed by atoms with Gasteiger partial charge in [-0.05, 0) is 44.2 Å². The van der Waals surface area contributed by atoms with E-state index in [4.69, 9.17) is 0 Å². The van der Waals surface area contributed by atoms with E-state index in [1.165, 1.54) is 11.1 Å². The maximum absolute atomic E-state index is 12.5. The number of carbonyl (C=O) groups is 1. The molecule has 1 aliphatic carbocycles. The van der Waals surface area contributed by atoms with Gasteiger partial charge in [0.1, 0.15) is 0 Å². The number of aromatic amines is 1. The first-order chi connectivity index (χ1) is 9.66. The minimum Gasteiger partial charge on any atom is -0.345 e. The maximum atomic E-state index is 12.5. The number of benzene rings is 1. The Morgan fingerprint density at radius 3 is 2.90 bits per heavy atom. The largest absolute Gasteiger partial charge is 0.345 e. The maximum Gasteiger partial charge on any atom is 0.255 e. The highest BCUT2D eigenvalue weighted by Crippen LogP contribution is 2.29. The Kier molecular flexibility index (Phi) is 3.30. The topological polar surface area (TPSA) is 57.8 Å². The summed E-state index contributed by atoms with van der Waals surface area (Å²) < 4.78 is 0. The summed E-state index contributed by atoms with van der Waals surface area (Å²) in [5.41, 5.74) is 4.86. The van der Waals surface area contributed by atoms with Crippen molar-refractivity contribution in [3.63, 3.8) is 0 Å². The molecule has 1 atom stereocenters. The zero-order chi connectivity index (χ0) is 14.1. The third kappa shape index (κ3) is 2.22. The fraction of sp³-hybridized carbons (Fsp3) is 0.375. The summed E-state index contributed by atoms with van der Waals surface area (Å²) in [6, 6.07) is 8.49. The zero-order valence-corrected chi connectivity index (χ0v) is 11.9. The third-order valence-corrected chi connectivity index (χ3v) is 4.03. The van der Waals surface area contributed by atoms with Crippen molar-refractivity contribution in [1.29, 1.82) is 0 Å². The number of hydrogen-bond acceptors (Lipinski definition) is 2. The van der Waals surface area contributed by atoms with E-state index in [-0.39, 0.29) is 11.9 Å². The lowest BCUT2D eigenvalue weighted by atomic mass is 9.87. The normalized spacial score (nSPS) is 17.6. The second-order valence-corrected chi connectivity index (χ2v) is 5.43. The van der Waals surface area contributed by atoms with Gasteiger partial charge in [-0.2, -0.15) is 5.10 Å². The molecule has 2 aromatic rings. The predicted molar refractivity (Wildman–Crippen MR) is 77.6 cm³/mol. The van der Waals surface area contributed by atoms with E-state index in [0.717, 1.165) is 30.7 Å². The van der Waals surface area contributed by atoms with E-state index in [2.05, 4.69) is 33.7 Å². The first-order valence-electron chi connectivity index (χ1n) is 7.07. The molecule has 1 aromatic heterocycles. The van der Waals surface area contributed by atoms with E-state index in [1.807, 2.05) is 19.9 Å². The highest BCUT2D eigenvalue weighted by molar-refractivity contribution is 5.96. The van der Waals surface area contributed by atoms with Crippen LogP contribution in [0.15, 0.2) is 24.3 Å². The number of nitrogens with zero attached hydrogens (tertiary/aromatic N) is 1. The summed E-state index contributed by atoms with van der Waals surface area (Å²) in [4.78, 5) is 12.5. The van der Waals surface area contributed by atoms with Gasteiger partial charge in [0.2, 0.25) is 0 Å². The summed E-state index contributed by atoms with van der Waals surface area (Å²) in [5.74, 6) is -0.0320. The second kappa shape index (κ2) is 5.12. The molecule has 3 rings (SSSR count). The summed E-state index contributed by atoms with van der Waals surface area (Å²) in [5, 5.41) is 10.1. The molecule has 1 amide bonds. The molecule has 0 spiro atoms. The number of H-pyrrole nitrogens is 1. The van der Waals surface area contributed by atoms with Crippen molar-refractivity contribution in [2.24, 2.45) is 0 Å². The molecule has 4 heteroatoms. The molecule has 1 heterocycles. The van der Waals surface area contributed by atoms with Gasteiger partial charge in [-0.25, -0.2) is 0 Å². The van der Waals surface area contributed by atoms with Crippen molar-refractivity contribution >= 4 is 5.91 Å². The molecule has 0 radical (unpaired) electrons. The van der Waals surface area contributed by atoms with Gasteiger partial charge in [0, 0.05) is 5.69 Å². The molecule has 1 aliphatic rings. The standard InChI is InChI=1S/C16H19N3O/c1-10-15(11(2)19-18-10)16(20)17-14-9-5-7-12-6-3-4-8-13(12)14/h3-4,6,8,14H,5,7,9H2,1-2H3,(H,17,20)(H,18,19). The Bertz CT molecular complexity index is 625. The molecule has 0 saturated heterocycles. The summed E-state index contributed by atoms with van der Waals surface area (Å²) >= 11 is 0. The quantitative estimate of drug-likeness (QED) is 0.880. The lowest BCUT2D eigenvalue weighted by molar-refractivity contribution is 0.0931. The van der Waals surface area contributed by atoms with Crippen LogP contribution in [0.1, 0.15) is 51.8 Å². The Hall–Kier alpha value is -2.10. The van der Waals surface area contributed by atoms with E-state index >= 15 is 0 Å². The van der Waals surface area contributed by atoms with Crippen molar-refractivity contribution in [3.8, 4) is 0 Å². The number of carbonyl (C=O) groups excluding carboxylic acids is 1. The van der Waals surface area contributed by atoms with Crippen LogP contribution in [0, 0.1) is 13.8 Å². The third-order valence-electron chi connectivity index (χ3n) is 4.03. The van der Waals surface area contributed by atoms with Crippen molar-refractivity contribution in [3.05, 3.63) is 52.3 Å². The van der Waals surface area contributed by atoms with Crippen LogP contribution in [0.3, 0.4) is 0 Å². The number of rotatable bonds is 2. The van der Waals surface area contributed by atoms with Crippen LogP contribution in [0.5, 0.6) is 0 Å². The zero-order valence-electron chi connectivity index (χ0n) is 11.9. The van der Waals surface area contributed by atoms with E-state index in [0.29, 0.717) is 5.56 Å². The number of aromatic nitrogens is 2. The molecular weight excluding hydrogens is 250 g/mol. The molecular formula is C16H19N3O. The molecule has 0 bridgehead atoms. The van der Waals surface area contributed by atoms with Gasteiger partial charge in [0.25, 0.3) is 5.91 Å². The van der Waals surface area contributed by atoms with Gasteiger partial charge in [-0.1, -0.05) is 24.3 Å². The highest BCUT2D eigenvalue weighted by Gasteiger charge is 2.23. The minimum atomic E-state index is -0.0320. The Morgan fingerprint density at radius 1 is 1.35 bits per heavy atom. The fourth-order valence-electron chi connectivity index (χ4n) is 3.02. The van der Waals surface area contributed by atoms with Gasteiger partial charge >= 0.3 is 0 Å². The lowest BCUT2D eigenvalue weighted by Crippen LogP contribution is -2.31. The van der Waals surface area contributed by atoms with Crippen LogP contribution >= 0.6 is 0 Å². The number of aryl methyl sites for hydroxylation is 3. The van der Waals surface area contributed by atoms with Crippen LogP contribution in [0.25, 0.3) is 0 Å². The van der Waals surface area contributed by atoms with Crippen molar-refractivity contribution in [1.82, 2.24) is 15.5 Å². The smallest absolute Gasteiger partial charge is 0.255 e.